The van der Waals surface area contributed by atoms with Crippen LogP contribution in [0.25, 0.3) is 0 Å². The summed E-state index contributed by atoms with van der Waals surface area (Å²) < 4.78 is 5.06. The molecule has 0 N–H and O–H groups in total. The van der Waals surface area contributed by atoms with Gasteiger partial charge in [-0.15, -0.1) is 0 Å². The van der Waals surface area contributed by atoms with Gasteiger partial charge in [-0.1, -0.05) is 39.0 Å². The maximum absolute atomic E-state index is 12.4. The summed E-state index contributed by atoms with van der Waals surface area (Å²) in [6.45, 7) is 6.08. The normalized spacial score (nSPS) is 12.1. The van der Waals surface area contributed by atoms with Crippen molar-refractivity contribution in [2.24, 2.45) is 5.41 Å². The maximum atomic E-state index is 12.4. The molecular weight excluding hydrogens is 268 g/mol. The average Bonchev–Trinajstić information content (AvgIpc) is 2.44. The molecule has 0 saturated carbocycles. The van der Waals surface area contributed by atoms with Crippen LogP contribution in [0.5, 0.6) is 0 Å². The van der Waals surface area contributed by atoms with Crippen LogP contribution in [-0.2, 0) is 4.74 Å². The van der Waals surface area contributed by atoms with E-state index in [0.717, 1.165) is 0 Å². The minimum Gasteiger partial charge on any atom is -0.422 e. The number of rotatable bonds is 5. The van der Waals surface area contributed by atoms with E-state index in [9.17, 15) is 9.59 Å². The van der Waals surface area contributed by atoms with Gasteiger partial charge in [0.25, 0.3) is 12.2 Å². The number of nitriles is 1. The zero-order valence-corrected chi connectivity index (χ0v) is 12.8. The monoisotopic (exact) mass is 288 g/mol. The molecule has 1 unspecified atom stereocenters. The van der Waals surface area contributed by atoms with Crippen LogP contribution in [0.15, 0.2) is 24.3 Å². The van der Waals surface area contributed by atoms with Crippen molar-refractivity contribution in [1.82, 2.24) is 4.90 Å². The number of carbonyl (C=O) groups excluding carboxylic acids is 2. The minimum atomic E-state index is -0.417. The first-order chi connectivity index (χ1) is 9.81. The van der Waals surface area contributed by atoms with Crippen LogP contribution >= 0.6 is 0 Å². The fraction of sp³-hybridized carbons (Fsp3) is 0.438. The Hall–Kier alpha value is -2.35. The molecule has 0 bridgehead atoms. The first-order valence-corrected chi connectivity index (χ1v) is 6.65. The molecule has 1 aromatic rings. The Balaban J connectivity index is 2.92. The zero-order chi connectivity index (χ0) is 16.0. The number of hydrogen-bond donors (Lipinski definition) is 0. The van der Waals surface area contributed by atoms with Crippen molar-refractivity contribution in [3.8, 4) is 6.26 Å². The molecule has 1 aromatic carbocycles. The van der Waals surface area contributed by atoms with Crippen molar-refractivity contribution in [3.63, 3.8) is 0 Å². The lowest BCUT2D eigenvalue weighted by Gasteiger charge is -2.31. The van der Waals surface area contributed by atoms with Gasteiger partial charge < -0.3 is 9.64 Å². The molecule has 0 spiro atoms. The van der Waals surface area contributed by atoms with Crippen LogP contribution in [0, 0.1) is 16.9 Å². The zero-order valence-electron chi connectivity index (χ0n) is 12.8. The number of hydrogen-bond acceptors (Lipinski definition) is 4. The van der Waals surface area contributed by atoms with Gasteiger partial charge in [0, 0.05) is 18.0 Å². The van der Waals surface area contributed by atoms with Crippen molar-refractivity contribution < 1.29 is 14.3 Å². The molecule has 0 aliphatic carbocycles. The number of ether oxygens (including phenoxy) is 1. The molecule has 0 aromatic heterocycles. The largest absolute Gasteiger partial charge is 0.422 e. The quantitative estimate of drug-likeness (QED) is 0.616. The lowest BCUT2D eigenvalue weighted by Crippen LogP contribution is -2.41. The van der Waals surface area contributed by atoms with E-state index >= 15 is 0 Å². The highest BCUT2D eigenvalue weighted by atomic mass is 16.5. The Morgan fingerprint density at radius 2 is 2.05 bits per heavy atom. The first kappa shape index (κ1) is 16.7. The van der Waals surface area contributed by atoms with Gasteiger partial charge in [-0.3, -0.25) is 9.59 Å². The molecule has 5 nitrogen and oxygen atoms in total. The molecule has 0 aliphatic heterocycles. The van der Waals surface area contributed by atoms with E-state index in [0.29, 0.717) is 17.4 Å². The summed E-state index contributed by atoms with van der Waals surface area (Å²) in [5.74, 6) is -0.270. The predicted octanol–water partition coefficient (Wildman–Crippen LogP) is 2.48. The SMILES string of the molecule is CN(CC(OC#N)C(C)(C)C)C(=O)c1ccccc1C=O. The van der Waals surface area contributed by atoms with Gasteiger partial charge in [0.1, 0.15) is 6.10 Å². The molecule has 0 saturated heterocycles. The Bertz CT molecular complexity index is 555. The summed E-state index contributed by atoms with van der Waals surface area (Å²) >= 11 is 0. The summed E-state index contributed by atoms with van der Waals surface area (Å²) in [5, 5.41) is 8.73. The molecule has 0 fully saturated rings. The van der Waals surface area contributed by atoms with Gasteiger partial charge in [-0.25, -0.2) is 0 Å². The molecule has 5 heteroatoms. The molecule has 0 aliphatic rings. The van der Waals surface area contributed by atoms with Crippen molar-refractivity contribution in [2.75, 3.05) is 13.6 Å². The van der Waals surface area contributed by atoms with Crippen LogP contribution in [0.4, 0.5) is 0 Å². The van der Waals surface area contributed by atoms with E-state index in [1.807, 2.05) is 20.8 Å². The Labute approximate surface area is 125 Å². The van der Waals surface area contributed by atoms with E-state index < -0.39 is 6.10 Å². The third-order valence-corrected chi connectivity index (χ3v) is 3.27. The van der Waals surface area contributed by atoms with Gasteiger partial charge in [-0.2, -0.15) is 5.26 Å². The fourth-order valence-corrected chi connectivity index (χ4v) is 1.88. The molecule has 0 radical (unpaired) electrons. The molecule has 112 valence electrons. The Morgan fingerprint density at radius 1 is 1.43 bits per heavy atom. The molecule has 0 heterocycles. The summed E-state index contributed by atoms with van der Waals surface area (Å²) in [6.07, 6.45) is 1.93. The van der Waals surface area contributed by atoms with Gasteiger partial charge in [0.15, 0.2) is 6.29 Å². The van der Waals surface area contributed by atoms with Gasteiger partial charge in [0.05, 0.1) is 12.1 Å². The second kappa shape index (κ2) is 6.89. The fourth-order valence-electron chi connectivity index (χ4n) is 1.88. The number of amides is 1. The maximum Gasteiger partial charge on any atom is 0.286 e. The number of carbonyl (C=O) groups is 2. The van der Waals surface area contributed by atoms with E-state index in [1.54, 1.807) is 37.6 Å². The minimum absolute atomic E-state index is 0.267. The van der Waals surface area contributed by atoms with Crippen LogP contribution in [0.2, 0.25) is 0 Å². The van der Waals surface area contributed by atoms with Crippen LogP contribution in [0.1, 0.15) is 41.5 Å². The van der Waals surface area contributed by atoms with Crippen LogP contribution < -0.4 is 0 Å². The number of aldehydes is 1. The Morgan fingerprint density at radius 3 is 2.57 bits per heavy atom. The summed E-state index contributed by atoms with van der Waals surface area (Å²) in [6, 6.07) is 6.62. The van der Waals surface area contributed by atoms with Crippen molar-refractivity contribution in [1.29, 1.82) is 5.26 Å². The Kier molecular flexibility index (Phi) is 5.48. The highest BCUT2D eigenvalue weighted by Gasteiger charge is 2.29. The highest BCUT2D eigenvalue weighted by molar-refractivity contribution is 6.01. The van der Waals surface area contributed by atoms with E-state index in [2.05, 4.69) is 0 Å². The van der Waals surface area contributed by atoms with Crippen LogP contribution in [0.3, 0.4) is 0 Å². The molecule has 1 rings (SSSR count). The van der Waals surface area contributed by atoms with Crippen LogP contribution in [-0.4, -0.2) is 36.8 Å². The number of nitrogens with zero attached hydrogens (tertiary/aromatic N) is 2. The molecule has 1 atom stereocenters. The van der Waals surface area contributed by atoms with E-state index in [1.165, 1.54) is 4.90 Å². The predicted molar refractivity (Wildman–Crippen MR) is 78.7 cm³/mol. The molecular formula is C16H20N2O3. The molecule has 21 heavy (non-hydrogen) atoms. The van der Waals surface area contributed by atoms with E-state index in [4.69, 9.17) is 10.00 Å². The van der Waals surface area contributed by atoms with Crippen molar-refractivity contribution in [2.45, 2.75) is 26.9 Å². The lowest BCUT2D eigenvalue weighted by atomic mass is 9.88. The number of likely N-dealkylation sites (N-methyl/N-ethyl adjacent to an activating group) is 1. The van der Waals surface area contributed by atoms with Gasteiger partial charge in [0.2, 0.25) is 0 Å². The summed E-state index contributed by atoms with van der Waals surface area (Å²) in [5.41, 5.74) is 0.413. The third kappa shape index (κ3) is 4.32. The first-order valence-electron chi connectivity index (χ1n) is 6.65. The highest BCUT2D eigenvalue weighted by Crippen LogP contribution is 2.23. The van der Waals surface area contributed by atoms with Gasteiger partial charge in [-0.05, 0) is 6.07 Å². The van der Waals surface area contributed by atoms with E-state index in [-0.39, 0.29) is 17.9 Å². The van der Waals surface area contributed by atoms with Gasteiger partial charge >= 0.3 is 0 Å². The summed E-state index contributed by atoms with van der Waals surface area (Å²) in [7, 11) is 1.63. The molecule has 1 amide bonds. The smallest absolute Gasteiger partial charge is 0.286 e. The lowest BCUT2D eigenvalue weighted by molar-refractivity contribution is 0.0280. The van der Waals surface area contributed by atoms with Crippen molar-refractivity contribution in [3.05, 3.63) is 35.4 Å². The summed E-state index contributed by atoms with van der Waals surface area (Å²) in [4.78, 5) is 24.9. The average molecular weight is 288 g/mol. The number of benzene rings is 1. The standard InChI is InChI=1S/C16H20N2O3/c1-16(2,3)14(21-11-17)9-18(4)15(20)13-8-6-5-7-12(13)10-19/h5-8,10,14H,9H2,1-4H3. The van der Waals surface area contributed by atoms with Crippen molar-refractivity contribution >= 4 is 12.2 Å². The second-order valence-electron chi connectivity index (χ2n) is 5.95. The second-order valence-corrected chi connectivity index (χ2v) is 5.95. The topological polar surface area (TPSA) is 70.4 Å². The third-order valence-electron chi connectivity index (χ3n) is 3.27.